The predicted molar refractivity (Wildman–Crippen MR) is 121 cm³/mol. The van der Waals surface area contributed by atoms with Crippen molar-refractivity contribution in [3.05, 3.63) is 74.6 Å². The Bertz CT molecular complexity index is 1110. The van der Waals surface area contributed by atoms with Crippen molar-refractivity contribution < 1.29 is 9.66 Å². The first-order valence-electron chi connectivity index (χ1n) is 10.3. The number of hydrogen-bond acceptors (Lipinski definition) is 7. The molecule has 1 aliphatic heterocycles. The van der Waals surface area contributed by atoms with Crippen LogP contribution in [-0.4, -0.2) is 52.2 Å². The molecule has 2 aromatic carbocycles. The normalized spacial score (nSPS) is 14.7. The number of aromatic nitrogens is 2. The Morgan fingerprint density at radius 2 is 1.81 bits per heavy atom. The minimum absolute atomic E-state index is 0.0289. The molecular weight excluding hydrogens is 416 g/mol. The summed E-state index contributed by atoms with van der Waals surface area (Å²) >= 11 is 1.48. The van der Waals surface area contributed by atoms with Crippen LogP contribution in [0.1, 0.15) is 12.0 Å². The van der Waals surface area contributed by atoms with Gasteiger partial charge in [-0.25, -0.2) is 4.98 Å². The van der Waals surface area contributed by atoms with Crippen LogP contribution in [0.2, 0.25) is 0 Å². The zero-order chi connectivity index (χ0) is 21.6. The van der Waals surface area contributed by atoms with Crippen LogP contribution in [0.4, 0.5) is 5.69 Å². The van der Waals surface area contributed by atoms with E-state index >= 15 is 0 Å². The lowest BCUT2D eigenvalue weighted by molar-refractivity contribution is -0.384. The standard InChI is InChI=1S/C22H24N4O4S/c27-21-19-4-1-2-5-20(19)23-22(25(21)11-3-10-24-12-14-30-15-13-24)31-16-17-6-8-18(9-7-17)26(28)29/h1-2,4-9H,3,10-16H2. The molecule has 0 amide bonds. The number of nitrogens with zero attached hydrogens (tertiary/aromatic N) is 4. The largest absolute Gasteiger partial charge is 0.379 e. The maximum atomic E-state index is 13.2. The number of nitro benzene ring substituents is 1. The second kappa shape index (κ2) is 10.0. The molecule has 2 heterocycles. The van der Waals surface area contributed by atoms with E-state index in [1.54, 1.807) is 16.7 Å². The molecule has 0 saturated carbocycles. The molecule has 8 nitrogen and oxygen atoms in total. The van der Waals surface area contributed by atoms with Crippen molar-refractivity contribution >= 4 is 28.4 Å². The second-order valence-electron chi connectivity index (χ2n) is 7.39. The molecule has 9 heteroatoms. The Morgan fingerprint density at radius 1 is 1.06 bits per heavy atom. The van der Waals surface area contributed by atoms with Gasteiger partial charge in [0.05, 0.1) is 29.0 Å². The molecule has 1 aromatic heterocycles. The Kier molecular flexibility index (Phi) is 6.96. The minimum atomic E-state index is -0.409. The Hall–Kier alpha value is -2.75. The summed E-state index contributed by atoms with van der Waals surface area (Å²) in [5, 5.41) is 12.1. The number of nitro groups is 1. The van der Waals surface area contributed by atoms with E-state index in [2.05, 4.69) is 4.90 Å². The van der Waals surface area contributed by atoms with Crippen molar-refractivity contribution in [3.8, 4) is 0 Å². The van der Waals surface area contributed by atoms with E-state index in [0.717, 1.165) is 44.8 Å². The predicted octanol–water partition coefficient (Wildman–Crippen LogP) is 3.32. The van der Waals surface area contributed by atoms with Gasteiger partial charge in [-0.3, -0.25) is 24.4 Å². The van der Waals surface area contributed by atoms with E-state index in [9.17, 15) is 14.9 Å². The van der Waals surface area contributed by atoms with Gasteiger partial charge < -0.3 is 4.74 Å². The Balaban J connectivity index is 1.52. The zero-order valence-electron chi connectivity index (χ0n) is 17.1. The van der Waals surface area contributed by atoms with Gasteiger partial charge >= 0.3 is 0 Å². The summed E-state index contributed by atoms with van der Waals surface area (Å²) in [5.41, 5.74) is 1.66. The number of hydrogen-bond donors (Lipinski definition) is 0. The van der Waals surface area contributed by atoms with Crippen LogP contribution >= 0.6 is 11.8 Å². The molecule has 3 aromatic rings. The fourth-order valence-electron chi connectivity index (χ4n) is 3.59. The third-order valence-electron chi connectivity index (χ3n) is 5.30. The second-order valence-corrected chi connectivity index (χ2v) is 8.33. The van der Waals surface area contributed by atoms with Crippen LogP contribution in [-0.2, 0) is 17.0 Å². The summed E-state index contributed by atoms with van der Waals surface area (Å²) in [4.78, 5) is 30.7. The first-order chi connectivity index (χ1) is 15.1. The third kappa shape index (κ3) is 5.30. The minimum Gasteiger partial charge on any atom is -0.379 e. The lowest BCUT2D eigenvalue weighted by Gasteiger charge is -2.26. The first kappa shape index (κ1) is 21.5. The number of non-ortho nitro benzene ring substituents is 1. The van der Waals surface area contributed by atoms with Crippen molar-refractivity contribution in [2.24, 2.45) is 0 Å². The van der Waals surface area contributed by atoms with Gasteiger partial charge in [0.1, 0.15) is 0 Å². The van der Waals surface area contributed by atoms with Crippen molar-refractivity contribution in [2.45, 2.75) is 23.9 Å². The van der Waals surface area contributed by atoms with Gasteiger partial charge in [0.15, 0.2) is 5.16 Å². The van der Waals surface area contributed by atoms with Gasteiger partial charge in [0.25, 0.3) is 11.2 Å². The molecule has 1 fully saturated rings. The summed E-state index contributed by atoms with van der Waals surface area (Å²) in [7, 11) is 0. The van der Waals surface area contributed by atoms with Crippen molar-refractivity contribution in [1.29, 1.82) is 0 Å². The maximum Gasteiger partial charge on any atom is 0.269 e. The molecule has 0 radical (unpaired) electrons. The lowest BCUT2D eigenvalue weighted by Crippen LogP contribution is -2.37. The number of rotatable bonds is 8. The smallest absolute Gasteiger partial charge is 0.269 e. The molecule has 0 aliphatic carbocycles. The zero-order valence-corrected chi connectivity index (χ0v) is 17.9. The molecule has 162 valence electrons. The topological polar surface area (TPSA) is 90.5 Å². The average molecular weight is 441 g/mol. The fourth-order valence-corrected chi connectivity index (χ4v) is 4.58. The highest BCUT2D eigenvalue weighted by Gasteiger charge is 2.14. The van der Waals surface area contributed by atoms with Gasteiger partial charge in [0, 0.05) is 44.1 Å². The van der Waals surface area contributed by atoms with Gasteiger partial charge in [0.2, 0.25) is 0 Å². The quantitative estimate of drug-likeness (QED) is 0.230. The molecule has 1 saturated heterocycles. The number of para-hydroxylation sites is 1. The molecule has 1 aliphatic rings. The molecular formula is C22H24N4O4S. The number of fused-ring (bicyclic) bond motifs is 1. The molecule has 4 rings (SSSR count). The van der Waals surface area contributed by atoms with E-state index in [1.165, 1.54) is 23.9 Å². The van der Waals surface area contributed by atoms with Crippen LogP contribution in [0.5, 0.6) is 0 Å². The average Bonchev–Trinajstić information content (AvgIpc) is 2.80. The van der Waals surface area contributed by atoms with E-state index < -0.39 is 4.92 Å². The molecule has 0 unspecified atom stereocenters. The fraction of sp³-hybridized carbons (Fsp3) is 0.364. The van der Waals surface area contributed by atoms with Crippen LogP contribution < -0.4 is 5.56 Å². The molecule has 0 bridgehead atoms. The summed E-state index contributed by atoms with van der Waals surface area (Å²) in [6.45, 7) is 4.87. The van der Waals surface area contributed by atoms with Crippen LogP contribution in [0.15, 0.2) is 58.5 Å². The summed E-state index contributed by atoms with van der Waals surface area (Å²) in [5.74, 6) is 0.576. The first-order valence-corrected chi connectivity index (χ1v) is 11.3. The molecule has 0 N–H and O–H groups in total. The Morgan fingerprint density at radius 3 is 2.55 bits per heavy atom. The number of thioether (sulfide) groups is 1. The van der Waals surface area contributed by atoms with Crippen LogP contribution in [0.3, 0.4) is 0 Å². The highest BCUT2D eigenvalue weighted by Crippen LogP contribution is 2.23. The van der Waals surface area contributed by atoms with Gasteiger partial charge in [-0.2, -0.15) is 0 Å². The highest BCUT2D eigenvalue weighted by molar-refractivity contribution is 7.98. The van der Waals surface area contributed by atoms with Crippen LogP contribution in [0.25, 0.3) is 10.9 Å². The molecule has 31 heavy (non-hydrogen) atoms. The number of benzene rings is 2. The highest BCUT2D eigenvalue weighted by atomic mass is 32.2. The summed E-state index contributed by atoms with van der Waals surface area (Å²) in [6, 6.07) is 13.9. The maximum absolute atomic E-state index is 13.2. The van der Waals surface area contributed by atoms with Gasteiger partial charge in [-0.15, -0.1) is 0 Å². The SMILES string of the molecule is O=c1c2ccccc2nc(SCc2ccc([N+](=O)[O-])cc2)n1CCCN1CCOCC1. The van der Waals surface area contributed by atoms with Crippen molar-refractivity contribution in [1.82, 2.24) is 14.5 Å². The molecule has 0 atom stereocenters. The van der Waals surface area contributed by atoms with E-state index in [0.29, 0.717) is 28.4 Å². The van der Waals surface area contributed by atoms with E-state index in [1.807, 2.05) is 24.3 Å². The monoisotopic (exact) mass is 440 g/mol. The molecule has 0 spiro atoms. The van der Waals surface area contributed by atoms with E-state index in [-0.39, 0.29) is 11.2 Å². The van der Waals surface area contributed by atoms with Crippen molar-refractivity contribution in [3.63, 3.8) is 0 Å². The van der Waals surface area contributed by atoms with Gasteiger partial charge in [-0.05, 0) is 24.1 Å². The number of morpholine rings is 1. The number of ether oxygens (including phenoxy) is 1. The lowest BCUT2D eigenvalue weighted by atomic mass is 10.2. The third-order valence-corrected chi connectivity index (χ3v) is 6.35. The van der Waals surface area contributed by atoms with Crippen LogP contribution in [0, 0.1) is 10.1 Å². The van der Waals surface area contributed by atoms with Gasteiger partial charge in [-0.1, -0.05) is 36.0 Å². The Labute approximate surface area is 184 Å². The summed E-state index contributed by atoms with van der Waals surface area (Å²) < 4.78 is 7.16. The van der Waals surface area contributed by atoms with E-state index in [4.69, 9.17) is 9.72 Å². The summed E-state index contributed by atoms with van der Waals surface area (Å²) in [6.07, 6.45) is 0.852. The van der Waals surface area contributed by atoms with Crippen molar-refractivity contribution in [2.75, 3.05) is 32.8 Å².